The first-order valence-corrected chi connectivity index (χ1v) is 6.51. The Labute approximate surface area is 124 Å². The molecule has 0 heterocycles. The van der Waals surface area contributed by atoms with E-state index in [0.29, 0.717) is 23.8 Å². The highest BCUT2D eigenvalue weighted by Crippen LogP contribution is 2.21. The van der Waals surface area contributed by atoms with Crippen LogP contribution in [0.4, 0.5) is 5.69 Å². The second-order valence-electron chi connectivity index (χ2n) is 4.86. The van der Waals surface area contributed by atoms with Crippen LogP contribution < -0.4 is 16.4 Å². The quantitative estimate of drug-likeness (QED) is 0.772. The molecule has 0 bridgehead atoms. The van der Waals surface area contributed by atoms with E-state index >= 15 is 0 Å². The van der Waals surface area contributed by atoms with E-state index in [-0.39, 0.29) is 30.6 Å². The molecule has 1 saturated carbocycles. The molecule has 2 amide bonds. The predicted molar refractivity (Wildman–Crippen MR) is 81.2 cm³/mol. The number of amides is 2. The molecule has 0 radical (unpaired) electrons. The maximum Gasteiger partial charge on any atom is 0.251 e. The fourth-order valence-electron chi connectivity index (χ4n) is 1.74. The average Bonchev–Trinajstić information content (AvgIpc) is 3.16. The van der Waals surface area contributed by atoms with Gasteiger partial charge in [-0.25, -0.2) is 0 Å². The lowest BCUT2D eigenvalue weighted by Gasteiger charge is -2.10. The Hall–Kier alpha value is -1.59. The van der Waals surface area contributed by atoms with E-state index in [4.69, 9.17) is 5.73 Å². The number of anilines is 1. The fourth-order valence-corrected chi connectivity index (χ4v) is 1.74. The standard InChI is InChI=1S/C14H19N3O2.ClH/c1-9-2-3-10(14(19)16-11-4-5-11)8-12(9)17-13(18)6-7-15;/h2-3,8,11H,4-7,15H2,1H3,(H,16,19)(H,17,18);1H. The zero-order chi connectivity index (χ0) is 13.8. The number of nitrogens with two attached hydrogens (primary N) is 1. The van der Waals surface area contributed by atoms with Crippen LogP contribution in [0.2, 0.25) is 0 Å². The third-order valence-electron chi connectivity index (χ3n) is 3.06. The van der Waals surface area contributed by atoms with Crippen molar-refractivity contribution >= 4 is 29.9 Å². The molecule has 0 spiro atoms. The molecule has 0 unspecified atom stereocenters. The van der Waals surface area contributed by atoms with Crippen molar-refractivity contribution in [3.05, 3.63) is 29.3 Å². The zero-order valence-corrected chi connectivity index (χ0v) is 12.3. The van der Waals surface area contributed by atoms with Crippen molar-refractivity contribution in [2.24, 2.45) is 5.73 Å². The molecule has 0 aliphatic heterocycles. The van der Waals surface area contributed by atoms with E-state index in [1.54, 1.807) is 12.1 Å². The number of hydrogen-bond donors (Lipinski definition) is 3. The molecule has 0 aromatic heterocycles. The molecule has 20 heavy (non-hydrogen) atoms. The van der Waals surface area contributed by atoms with Crippen LogP contribution in [0.3, 0.4) is 0 Å². The van der Waals surface area contributed by atoms with E-state index in [1.807, 2.05) is 13.0 Å². The summed E-state index contributed by atoms with van der Waals surface area (Å²) in [5, 5.41) is 5.70. The maximum atomic E-state index is 11.9. The molecule has 6 heteroatoms. The van der Waals surface area contributed by atoms with Crippen LogP contribution in [0.5, 0.6) is 0 Å². The van der Waals surface area contributed by atoms with Gasteiger partial charge in [0.15, 0.2) is 0 Å². The summed E-state index contributed by atoms with van der Waals surface area (Å²) in [6.07, 6.45) is 2.38. The van der Waals surface area contributed by atoms with E-state index in [1.165, 1.54) is 0 Å². The summed E-state index contributed by atoms with van der Waals surface area (Å²) in [6, 6.07) is 5.64. The lowest BCUT2D eigenvalue weighted by Crippen LogP contribution is -2.25. The number of rotatable bonds is 5. The van der Waals surface area contributed by atoms with Crippen LogP contribution in [-0.4, -0.2) is 24.4 Å². The van der Waals surface area contributed by atoms with Crippen molar-refractivity contribution in [3.8, 4) is 0 Å². The van der Waals surface area contributed by atoms with Crippen LogP contribution in [0.15, 0.2) is 18.2 Å². The topological polar surface area (TPSA) is 84.2 Å². The second kappa shape index (κ2) is 7.26. The molecule has 1 aliphatic rings. The Morgan fingerprint density at radius 2 is 2.05 bits per heavy atom. The lowest BCUT2D eigenvalue weighted by molar-refractivity contribution is -0.116. The number of carbonyl (C=O) groups is 2. The van der Waals surface area contributed by atoms with Crippen LogP contribution in [0.1, 0.15) is 35.2 Å². The largest absolute Gasteiger partial charge is 0.349 e. The number of nitrogens with one attached hydrogen (secondary N) is 2. The van der Waals surface area contributed by atoms with Crippen LogP contribution in [-0.2, 0) is 4.79 Å². The highest BCUT2D eigenvalue weighted by molar-refractivity contribution is 5.98. The Bertz CT molecular complexity index is 501. The van der Waals surface area contributed by atoms with E-state index in [0.717, 1.165) is 18.4 Å². The van der Waals surface area contributed by atoms with E-state index in [2.05, 4.69) is 10.6 Å². The minimum atomic E-state index is -0.134. The van der Waals surface area contributed by atoms with Crippen molar-refractivity contribution < 1.29 is 9.59 Å². The molecule has 1 aromatic carbocycles. The Morgan fingerprint density at radius 1 is 1.35 bits per heavy atom. The van der Waals surface area contributed by atoms with Crippen molar-refractivity contribution in [2.45, 2.75) is 32.2 Å². The van der Waals surface area contributed by atoms with Crippen molar-refractivity contribution in [3.63, 3.8) is 0 Å². The smallest absolute Gasteiger partial charge is 0.251 e. The molecule has 5 nitrogen and oxygen atoms in total. The van der Waals surface area contributed by atoms with Gasteiger partial charge in [-0.3, -0.25) is 9.59 Å². The van der Waals surface area contributed by atoms with E-state index < -0.39 is 0 Å². The Balaban J connectivity index is 0.00000200. The highest BCUT2D eigenvalue weighted by atomic mass is 35.5. The number of benzene rings is 1. The van der Waals surface area contributed by atoms with Gasteiger partial charge >= 0.3 is 0 Å². The molecule has 2 rings (SSSR count). The van der Waals surface area contributed by atoms with E-state index in [9.17, 15) is 9.59 Å². The zero-order valence-electron chi connectivity index (χ0n) is 11.4. The van der Waals surface area contributed by atoms with Gasteiger partial charge in [0.1, 0.15) is 0 Å². The molecular formula is C14H20ClN3O2. The first-order valence-electron chi connectivity index (χ1n) is 6.51. The number of carbonyl (C=O) groups excluding carboxylic acids is 2. The summed E-state index contributed by atoms with van der Waals surface area (Å²) in [7, 11) is 0. The minimum Gasteiger partial charge on any atom is -0.349 e. The van der Waals surface area contributed by atoms with Crippen LogP contribution in [0, 0.1) is 6.92 Å². The summed E-state index contributed by atoms with van der Waals surface area (Å²) >= 11 is 0. The fraction of sp³-hybridized carbons (Fsp3) is 0.429. The highest BCUT2D eigenvalue weighted by Gasteiger charge is 2.24. The third kappa shape index (κ3) is 4.51. The van der Waals surface area contributed by atoms with Gasteiger partial charge in [-0.05, 0) is 37.5 Å². The van der Waals surface area contributed by atoms with Crippen LogP contribution >= 0.6 is 12.4 Å². The predicted octanol–water partition coefficient (Wildman–Crippen LogP) is 1.60. The summed E-state index contributed by atoms with van der Waals surface area (Å²) in [5.74, 6) is -0.220. The normalized spacial score (nSPS) is 13.3. The SMILES string of the molecule is Cc1ccc(C(=O)NC2CC2)cc1NC(=O)CCN.Cl. The molecule has 4 N–H and O–H groups in total. The number of halogens is 1. The molecule has 0 atom stereocenters. The van der Waals surface area contributed by atoms with Gasteiger partial charge < -0.3 is 16.4 Å². The maximum absolute atomic E-state index is 11.9. The summed E-state index contributed by atoms with van der Waals surface area (Å²) in [4.78, 5) is 23.5. The Kier molecular flexibility index (Phi) is 5.98. The average molecular weight is 298 g/mol. The summed E-state index contributed by atoms with van der Waals surface area (Å²) in [5.41, 5.74) is 7.50. The molecular weight excluding hydrogens is 278 g/mol. The van der Waals surface area contributed by atoms with Crippen LogP contribution in [0.25, 0.3) is 0 Å². The van der Waals surface area contributed by atoms with Gasteiger partial charge in [-0.15, -0.1) is 12.4 Å². The van der Waals surface area contributed by atoms with Gasteiger partial charge in [0.25, 0.3) is 5.91 Å². The first kappa shape index (κ1) is 16.5. The lowest BCUT2D eigenvalue weighted by atomic mass is 10.1. The first-order chi connectivity index (χ1) is 9.10. The van der Waals surface area contributed by atoms with Gasteiger partial charge in [0.05, 0.1) is 0 Å². The second-order valence-corrected chi connectivity index (χ2v) is 4.86. The minimum absolute atomic E-state index is 0. The van der Waals surface area contributed by atoms with Crippen molar-refractivity contribution in [1.82, 2.24) is 5.32 Å². The number of hydrogen-bond acceptors (Lipinski definition) is 3. The molecule has 1 aromatic rings. The summed E-state index contributed by atoms with van der Waals surface area (Å²) < 4.78 is 0. The van der Waals surface area contributed by atoms with Crippen molar-refractivity contribution in [1.29, 1.82) is 0 Å². The molecule has 1 fully saturated rings. The van der Waals surface area contributed by atoms with Crippen molar-refractivity contribution in [2.75, 3.05) is 11.9 Å². The van der Waals surface area contributed by atoms with Gasteiger partial charge in [0.2, 0.25) is 5.91 Å². The molecule has 110 valence electrons. The summed E-state index contributed by atoms with van der Waals surface area (Å²) in [6.45, 7) is 2.20. The third-order valence-corrected chi connectivity index (χ3v) is 3.06. The number of aryl methyl sites for hydroxylation is 1. The van der Waals surface area contributed by atoms with Gasteiger partial charge in [-0.2, -0.15) is 0 Å². The molecule has 0 saturated heterocycles. The Morgan fingerprint density at radius 3 is 2.65 bits per heavy atom. The van der Waals surface area contributed by atoms with Gasteiger partial charge in [-0.1, -0.05) is 6.07 Å². The molecule has 1 aliphatic carbocycles. The monoisotopic (exact) mass is 297 g/mol. The van der Waals surface area contributed by atoms with Gasteiger partial charge in [0, 0.05) is 30.3 Å².